The number of nitrogen functional groups attached to an aromatic ring is 1. The van der Waals surface area contributed by atoms with Crippen molar-refractivity contribution in [1.29, 1.82) is 0 Å². The fraction of sp³-hybridized carbons (Fsp3) is 0.125. The van der Waals surface area contributed by atoms with Gasteiger partial charge in [-0.25, -0.2) is 4.98 Å². The van der Waals surface area contributed by atoms with Crippen molar-refractivity contribution in [3.05, 3.63) is 106 Å². The van der Waals surface area contributed by atoms with Crippen LogP contribution in [0.2, 0.25) is 10.0 Å². The van der Waals surface area contributed by atoms with Gasteiger partial charge in [-0.1, -0.05) is 53.5 Å². The first-order valence-corrected chi connectivity index (χ1v) is 10.2. The van der Waals surface area contributed by atoms with Gasteiger partial charge in [-0.15, -0.1) is 0 Å². The number of nitrogens with zero attached hydrogens (tertiary/aromatic N) is 2. The molecule has 0 fully saturated rings. The second-order valence-electron chi connectivity index (χ2n) is 7.22. The lowest BCUT2D eigenvalue weighted by Crippen LogP contribution is -2.10. The summed E-state index contributed by atoms with van der Waals surface area (Å²) in [4.78, 5) is 4.31. The average molecular weight is 438 g/mol. The molecule has 30 heavy (non-hydrogen) atoms. The van der Waals surface area contributed by atoms with E-state index in [2.05, 4.69) is 11.1 Å². The summed E-state index contributed by atoms with van der Waals surface area (Å²) in [6.45, 7) is -0.161. The summed E-state index contributed by atoms with van der Waals surface area (Å²) in [6.07, 6.45) is 3.63. The molecule has 0 saturated heterocycles. The van der Waals surface area contributed by atoms with E-state index in [0.29, 0.717) is 21.3 Å². The summed E-state index contributed by atoms with van der Waals surface area (Å²) in [6, 6.07) is 19.3. The van der Waals surface area contributed by atoms with Crippen molar-refractivity contribution in [3.63, 3.8) is 0 Å². The molecule has 4 nitrogen and oxygen atoms in total. The minimum absolute atomic E-state index is 0.112. The lowest BCUT2D eigenvalue weighted by atomic mass is 9.85. The van der Waals surface area contributed by atoms with Crippen molar-refractivity contribution in [2.75, 3.05) is 5.73 Å². The van der Waals surface area contributed by atoms with Gasteiger partial charge < -0.3 is 15.4 Å². The fourth-order valence-electron chi connectivity index (χ4n) is 3.77. The predicted molar refractivity (Wildman–Crippen MR) is 123 cm³/mol. The number of benzene rings is 3. The summed E-state index contributed by atoms with van der Waals surface area (Å²) in [7, 11) is 1.97. The van der Waals surface area contributed by atoms with Crippen LogP contribution in [0.25, 0.3) is 11.1 Å². The van der Waals surface area contributed by atoms with E-state index >= 15 is 0 Å². The van der Waals surface area contributed by atoms with Gasteiger partial charge in [0.25, 0.3) is 0 Å². The van der Waals surface area contributed by atoms with Crippen molar-refractivity contribution in [2.24, 2.45) is 7.05 Å². The molecule has 3 N–H and O–H groups in total. The van der Waals surface area contributed by atoms with Crippen LogP contribution in [0.3, 0.4) is 0 Å². The third kappa shape index (κ3) is 3.94. The molecule has 0 amide bonds. The molecular formula is C24H21Cl2N3O. The van der Waals surface area contributed by atoms with E-state index in [9.17, 15) is 5.11 Å². The molecule has 0 aliphatic heterocycles. The Morgan fingerprint density at radius 3 is 2.40 bits per heavy atom. The molecule has 6 heteroatoms. The summed E-state index contributed by atoms with van der Waals surface area (Å²) in [5.74, 6) is -0.112. The first kappa shape index (κ1) is 20.5. The zero-order valence-electron chi connectivity index (χ0n) is 16.4. The first-order valence-electron chi connectivity index (χ1n) is 9.48. The van der Waals surface area contributed by atoms with E-state index in [1.54, 1.807) is 6.33 Å². The largest absolute Gasteiger partial charge is 0.398 e. The van der Waals surface area contributed by atoms with Crippen LogP contribution in [0.5, 0.6) is 0 Å². The van der Waals surface area contributed by atoms with Crippen molar-refractivity contribution < 1.29 is 5.11 Å². The van der Waals surface area contributed by atoms with Gasteiger partial charge >= 0.3 is 0 Å². The molecule has 0 saturated carbocycles. The zero-order chi connectivity index (χ0) is 21.3. The molecule has 4 aromatic rings. The number of anilines is 1. The van der Waals surface area contributed by atoms with E-state index in [0.717, 1.165) is 27.9 Å². The van der Waals surface area contributed by atoms with E-state index in [1.165, 1.54) is 0 Å². The molecule has 1 atom stereocenters. The average Bonchev–Trinajstić information content (AvgIpc) is 3.16. The first-order chi connectivity index (χ1) is 14.5. The van der Waals surface area contributed by atoms with Gasteiger partial charge in [0.1, 0.15) is 0 Å². The molecule has 0 bridgehead atoms. The number of hydrogen-bond acceptors (Lipinski definition) is 3. The highest BCUT2D eigenvalue weighted by molar-refractivity contribution is 6.31. The third-order valence-corrected chi connectivity index (χ3v) is 5.77. The zero-order valence-corrected chi connectivity index (χ0v) is 17.9. The Bertz CT molecular complexity index is 1190. The van der Waals surface area contributed by atoms with Gasteiger partial charge in [-0.3, -0.25) is 0 Å². The van der Waals surface area contributed by atoms with Crippen LogP contribution in [0.4, 0.5) is 5.69 Å². The Labute approximate surface area is 185 Å². The minimum atomic E-state index is -0.161. The van der Waals surface area contributed by atoms with Crippen LogP contribution in [0, 0.1) is 0 Å². The van der Waals surface area contributed by atoms with Crippen LogP contribution in [0.1, 0.15) is 28.3 Å². The molecule has 0 spiro atoms. The van der Waals surface area contributed by atoms with Crippen LogP contribution in [-0.4, -0.2) is 14.7 Å². The number of imidazole rings is 1. The number of rotatable bonds is 5. The Morgan fingerprint density at radius 2 is 1.77 bits per heavy atom. The highest BCUT2D eigenvalue weighted by atomic mass is 35.5. The maximum atomic E-state index is 10.0. The lowest BCUT2D eigenvalue weighted by molar-refractivity contribution is 0.282. The Balaban J connectivity index is 1.96. The van der Waals surface area contributed by atoms with E-state index in [4.69, 9.17) is 28.9 Å². The summed E-state index contributed by atoms with van der Waals surface area (Å²) in [5, 5.41) is 11.3. The van der Waals surface area contributed by atoms with Gasteiger partial charge in [-0.05, 0) is 47.0 Å². The Kier molecular flexibility index (Phi) is 5.82. The van der Waals surface area contributed by atoms with Crippen LogP contribution >= 0.6 is 23.2 Å². The Morgan fingerprint density at radius 1 is 1.00 bits per heavy atom. The molecular weight excluding hydrogens is 417 g/mol. The fourth-order valence-corrected chi connectivity index (χ4v) is 4.08. The maximum absolute atomic E-state index is 10.0. The summed E-state index contributed by atoms with van der Waals surface area (Å²) < 4.78 is 1.99. The molecule has 4 rings (SSSR count). The molecule has 0 aliphatic carbocycles. The molecule has 1 heterocycles. The quantitative estimate of drug-likeness (QED) is 0.396. The highest BCUT2D eigenvalue weighted by Gasteiger charge is 2.22. The molecule has 3 aromatic carbocycles. The third-order valence-electron chi connectivity index (χ3n) is 5.28. The second-order valence-corrected chi connectivity index (χ2v) is 8.10. The molecule has 1 unspecified atom stereocenters. The van der Waals surface area contributed by atoms with E-state index in [1.807, 2.05) is 72.4 Å². The SMILES string of the molecule is Cn1cncc1C(c1ccc(Cl)cc1)c1cc(CO)c(N)c(-c2cccc(Cl)c2)c1. The van der Waals surface area contributed by atoms with Crippen LogP contribution in [-0.2, 0) is 13.7 Å². The number of aliphatic hydroxyl groups excluding tert-OH is 1. The Hall–Kier alpha value is -2.79. The van der Waals surface area contributed by atoms with Gasteiger partial charge in [0.15, 0.2) is 0 Å². The van der Waals surface area contributed by atoms with Crippen molar-refractivity contribution >= 4 is 28.9 Å². The summed E-state index contributed by atoms with van der Waals surface area (Å²) in [5.41, 5.74) is 12.4. The maximum Gasteiger partial charge on any atom is 0.0945 e. The molecule has 1 aromatic heterocycles. The lowest BCUT2D eigenvalue weighted by Gasteiger charge is -2.22. The van der Waals surface area contributed by atoms with Gasteiger partial charge in [0.05, 0.1) is 18.9 Å². The number of aromatic nitrogens is 2. The predicted octanol–water partition coefficient (Wildman–Crippen LogP) is 5.65. The number of aryl methyl sites for hydroxylation is 1. The number of halogens is 2. The number of hydrogen-bond donors (Lipinski definition) is 2. The smallest absolute Gasteiger partial charge is 0.0945 e. The van der Waals surface area contributed by atoms with Crippen molar-refractivity contribution in [2.45, 2.75) is 12.5 Å². The van der Waals surface area contributed by atoms with E-state index in [-0.39, 0.29) is 12.5 Å². The highest BCUT2D eigenvalue weighted by Crippen LogP contribution is 2.38. The molecule has 0 aliphatic rings. The standard InChI is InChI=1S/C24H21Cl2N3O/c1-29-14-28-12-22(29)23(15-5-7-19(25)8-6-15)17-9-18(13-30)24(27)21(11-17)16-3-2-4-20(26)10-16/h2-12,14,23,30H,13,27H2,1H3. The van der Waals surface area contributed by atoms with Crippen molar-refractivity contribution in [3.8, 4) is 11.1 Å². The normalized spacial score (nSPS) is 12.1. The van der Waals surface area contributed by atoms with Crippen LogP contribution < -0.4 is 5.73 Å². The number of aliphatic hydroxyl groups is 1. The second kappa shape index (κ2) is 8.52. The van der Waals surface area contributed by atoms with Crippen molar-refractivity contribution in [1.82, 2.24) is 9.55 Å². The van der Waals surface area contributed by atoms with E-state index < -0.39 is 0 Å². The molecule has 152 valence electrons. The van der Waals surface area contributed by atoms with Gasteiger partial charge in [0.2, 0.25) is 0 Å². The number of nitrogens with two attached hydrogens (primary N) is 1. The van der Waals surface area contributed by atoms with Crippen LogP contribution in [0.15, 0.2) is 73.2 Å². The monoisotopic (exact) mass is 437 g/mol. The topological polar surface area (TPSA) is 64.1 Å². The molecule has 0 radical (unpaired) electrons. The minimum Gasteiger partial charge on any atom is -0.398 e. The van der Waals surface area contributed by atoms with Gasteiger partial charge in [-0.2, -0.15) is 0 Å². The summed E-state index contributed by atoms with van der Waals surface area (Å²) >= 11 is 12.3. The van der Waals surface area contributed by atoms with Gasteiger partial charge in [0, 0.05) is 45.8 Å².